The number of aliphatic hydroxyl groups is 1. The van der Waals surface area contributed by atoms with Crippen LogP contribution in [0, 0.1) is 0 Å². The normalized spacial score (nSPS) is 10.9. The summed E-state index contributed by atoms with van der Waals surface area (Å²) in [4.78, 5) is 16.6. The van der Waals surface area contributed by atoms with Crippen LogP contribution in [0.5, 0.6) is 5.75 Å². The van der Waals surface area contributed by atoms with Crippen molar-refractivity contribution in [3.63, 3.8) is 0 Å². The van der Waals surface area contributed by atoms with Gasteiger partial charge in [0.25, 0.3) is 0 Å². The quantitative estimate of drug-likeness (QED) is 0.323. The number of fused-ring (bicyclic) bond motifs is 1. The van der Waals surface area contributed by atoms with E-state index in [0.717, 1.165) is 53.3 Å². The molecule has 0 saturated heterocycles. The van der Waals surface area contributed by atoms with Gasteiger partial charge in [-0.2, -0.15) is 0 Å². The van der Waals surface area contributed by atoms with Crippen LogP contribution in [0.1, 0.15) is 16.7 Å². The fourth-order valence-electron chi connectivity index (χ4n) is 3.62. The highest BCUT2D eigenvalue weighted by atomic mass is 16.5. The number of amides is 1. The molecule has 6 N–H and O–H groups in total. The molecule has 8 nitrogen and oxygen atoms in total. The third-order valence-corrected chi connectivity index (χ3v) is 5.18. The van der Waals surface area contributed by atoms with Gasteiger partial charge in [0.1, 0.15) is 12.5 Å². The van der Waals surface area contributed by atoms with Crippen molar-refractivity contribution in [2.24, 2.45) is 5.73 Å². The van der Waals surface area contributed by atoms with Crippen molar-refractivity contribution in [1.29, 1.82) is 0 Å². The summed E-state index contributed by atoms with van der Waals surface area (Å²) in [6, 6.07) is 20.5. The highest BCUT2D eigenvalue weighted by Crippen LogP contribution is 2.32. The van der Waals surface area contributed by atoms with Crippen LogP contribution in [0.4, 0.5) is 22.7 Å². The minimum absolute atomic E-state index is 0.0600. The lowest BCUT2D eigenvalue weighted by Gasteiger charge is -2.15. The molecule has 0 bridgehead atoms. The number of nitrogens with two attached hydrogens (primary N) is 1. The summed E-state index contributed by atoms with van der Waals surface area (Å²) in [5.41, 5.74) is 11.8. The molecule has 1 aliphatic rings. The highest BCUT2D eigenvalue weighted by Gasteiger charge is 2.11. The molecule has 0 aromatic heterocycles. The van der Waals surface area contributed by atoms with Crippen molar-refractivity contribution >= 4 is 35.9 Å². The van der Waals surface area contributed by atoms with Gasteiger partial charge in [-0.1, -0.05) is 30.3 Å². The predicted octanol–water partition coefficient (Wildman–Crippen LogP) is 3.47. The van der Waals surface area contributed by atoms with Gasteiger partial charge in [0.2, 0.25) is 6.41 Å². The zero-order valence-electron chi connectivity index (χ0n) is 19.3. The number of hydrogen-bond acceptors (Lipinski definition) is 7. The zero-order chi connectivity index (χ0) is 24.8. The molecular weight excluding hydrogens is 432 g/mol. The van der Waals surface area contributed by atoms with Crippen molar-refractivity contribution < 1.29 is 19.4 Å². The van der Waals surface area contributed by atoms with Gasteiger partial charge in [-0.25, -0.2) is 0 Å². The molecule has 0 unspecified atom stereocenters. The Kier molecular flexibility index (Phi) is 10.9. The standard InChI is InChI=1S/C24H27N3O2.CH3NO.CH2O/c1-25-22-8-7-21(27-20-6-5-19-9-11-26-23(19)14-20)15-24(22)29-12-10-17-3-2-4-18(13-17)16-28;2-1-3;1-2/h2-8,13-15,25-28H,9-12,16H2,1H3;1H,(H2,2,3);1H2. The summed E-state index contributed by atoms with van der Waals surface area (Å²) in [5.74, 6) is 0.815. The molecule has 34 heavy (non-hydrogen) atoms. The van der Waals surface area contributed by atoms with E-state index >= 15 is 0 Å². The molecule has 1 heterocycles. The fraction of sp³-hybridized carbons (Fsp3) is 0.231. The van der Waals surface area contributed by atoms with E-state index in [2.05, 4.69) is 45.9 Å². The second kappa shape index (κ2) is 14.2. The zero-order valence-corrected chi connectivity index (χ0v) is 19.3. The number of ether oxygens (including phenoxy) is 1. The molecule has 3 aromatic carbocycles. The first-order valence-corrected chi connectivity index (χ1v) is 10.9. The number of aliphatic hydroxyl groups excluding tert-OH is 1. The average molecular weight is 465 g/mol. The van der Waals surface area contributed by atoms with Crippen molar-refractivity contribution in [2.45, 2.75) is 19.4 Å². The second-order valence-corrected chi connectivity index (χ2v) is 7.35. The molecule has 0 aliphatic carbocycles. The summed E-state index contributed by atoms with van der Waals surface area (Å²) >= 11 is 0. The van der Waals surface area contributed by atoms with E-state index in [-0.39, 0.29) is 13.0 Å². The van der Waals surface area contributed by atoms with Crippen LogP contribution in [0.25, 0.3) is 0 Å². The van der Waals surface area contributed by atoms with Crippen LogP contribution >= 0.6 is 0 Å². The van der Waals surface area contributed by atoms with Gasteiger partial charge >= 0.3 is 0 Å². The molecule has 4 rings (SSSR count). The Morgan fingerprint density at radius 2 is 1.79 bits per heavy atom. The lowest BCUT2D eigenvalue weighted by Crippen LogP contribution is -2.04. The number of primary amides is 1. The summed E-state index contributed by atoms with van der Waals surface area (Å²) in [6.07, 6.45) is 2.12. The molecule has 0 atom stereocenters. The summed E-state index contributed by atoms with van der Waals surface area (Å²) in [7, 11) is 1.90. The van der Waals surface area contributed by atoms with E-state index in [4.69, 9.17) is 14.3 Å². The molecule has 0 spiro atoms. The molecule has 0 fully saturated rings. The number of benzene rings is 3. The van der Waals surface area contributed by atoms with E-state index in [1.165, 1.54) is 11.3 Å². The Bertz CT molecular complexity index is 1060. The topological polar surface area (TPSA) is 126 Å². The van der Waals surface area contributed by atoms with Crippen LogP contribution < -0.4 is 26.4 Å². The third kappa shape index (κ3) is 7.53. The molecule has 8 heteroatoms. The number of nitrogens with one attached hydrogen (secondary N) is 3. The van der Waals surface area contributed by atoms with Crippen molar-refractivity contribution in [2.75, 3.05) is 36.1 Å². The predicted molar refractivity (Wildman–Crippen MR) is 137 cm³/mol. The Hall–Kier alpha value is -4.04. The van der Waals surface area contributed by atoms with Gasteiger partial charge in [0.15, 0.2) is 0 Å². The third-order valence-electron chi connectivity index (χ3n) is 5.18. The molecular formula is C26H32N4O4. The first-order valence-electron chi connectivity index (χ1n) is 10.9. The Balaban J connectivity index is 0.000000758. The second-order valence-electron chi connectivity index (χ2n) is 7.35. The fourth-order valence-corrected chi connectivity index (χ4v) is 3.62. The molecule has 1 aliphatic heterocycles. The maximum atomic E-state index is 9.29. The van der Waals surface area contributed by atoms with Gasteiger partial charge in [-0.3, -0.25) is 4.79 Å². The maximum Gasteiger partial charge on any atom is 0.204 e. The number of carbonyl (C=O) groups excluding carboxylic acids is 2. The van der Waals surface area contributed by atoms with Crippen molar-refractivity contribution in [3.8, 4) is 5.75 Å². The first-order chi connectivity index (χ1) is 16.7. The number of carbonyl (C=O) groups is 2. The van der Waals surface area contributed by atoms with Crippen LogP contribution in [0.15, 0.2) is 60.7 Å². The number of rotatable bonds is 8. The average Bonchev–Trinajstić information content (AvgIpc) is 3.34. The Morgan fingerprint density at radius 1 is 1.09 bits per heavy atom. The lowest BCUT2D eigenvalue weighted by atomic mass is 10.1. The molecule has 0 saturated carbocycles. The van der Waals surface area contributed by atoms with Crippen molar-refractivity contribution in [1.82, 2.24) is 0 Å². The smallest absolute Gasteiger partial charge is 0.204 e. The van der Waals surface area contributed by atoms with Gasteiger partial charge < -0.3 is 36.3 Å². The SMILES string of the molecule is C=O.CNc1ccc(Nc2ccc3c(c2)NCC3)cc1OCCc1cccc(CO)c1.NC=O. The van der Waals surface area contributed by atoms with E-state index in [1.54, 1.807) is 0 Å². The van der Waals surface area contributed by atoms with Crippen molar-refractivity contribution in [3.05, 3.63) is 77.4 Å². The lowest BCUT2D eigenvalue weighted by molar-refractivity contribution is -0.107. The monoisotopic (exact) mass is 464 g/mol. The highest BCUT2D eigenvalue weighted by molar-refractivity contribution is 5.71. The minimum Gasteiger partial charge on any atom is -0.491 e. The molecule has 1 amide bonds. The largest absolute Gasteiger partial charge is 0.491 e. The minimum atomic E-state index is 0.0600. The maximum absolute atomic E-state index is 9.29. The Morgan fingerprint density at radius 3 is 2.53 bits per heavy atom. The Labute approximate surface area is 200 Å². The van der Waals surface area contributed by atoms with Gasteiger partial charge in [0, 0.05) is 43.1 Å². The summed E-state index contributed by atoms with van der Waals surface area (Å²) in [6.45, 7) is 3.63. The van der Waals surface area contributed by atoms with Gasteiger partial charge in [0.05, 0.1) is 18.9 Å². The van der Waals surface area contributed by atoms with Crippen LogP contribution in [-0.2, 0) is 29.0 Å². The van der Waals surface area contributed by atoms with E-state index in [1.807, 2.05) is 50.2 Å². The van der Waals surface area contributed by atoms with Crippen LogP contribution in [0.2, 0.25) is 0 Å². The molecule has 0 radical (unpaired) electrons. The van der Waals surface area contributed by atoms with Crippen LogP contribution in [-0.4, -0.2) is 38.5 Å². The van der Waals surface area contributed by atoms with E-state index < -0.39 is 0 Å². The molecule has 180 valence electrons. The van der Waals surface area contributed by atoms with E-state index in [9.17, 15) is 5.11 Å². The first kappa shape index (κ1) is 26.2. The number of anilines is 4. The molecule has 3 aromatic rings. The van der Waals surface area contributed by atoms with E-state index in [0.29, 0.717) is 6.61 Å². The van der Waals surface area contributed by atoms with Crippen LogP contribution in [0.3, 0.4) is 0 Å². The summed E-state index contributed by atoms with van der Waals surface area (Å²) in [5, 5.41) is 19.4. The number of hydrogen-bond donors (Lipinski definition) is 5. The van der Waals surface area contributed by atoms with Gasteiger partial charge in [-0.15, -0.1) is 0 Å². The van der Waals surface area contributed by atoms with Gasteiger partial charge in [-0.05, 0) is 47.4 Å². The summed E-state index contributed by atoms with van der Waals surface area (Å²) < 4.78 is 6.08.